The lowest BCUT2D eigenvalue weighted by atomic mass is 10.3. The molecule has 3 heterocycles. The first-order valence-corrected chi connectivity index (χ1v) is 10.6. The number of carbonyl (C=O) groups is 2. The van der Waals surface area contributed by atoms with Crippen LogP contribution in [0, 0.1) is 0 Å². The average Bonchev–Trinajstić information content (AvgIpc) is 3.43. The summed E-state index contributed by atoms with van der Waals surface area (Å²) in [5.41, 5.74) is 0.629. The molecule has 0 atom stereocenters. The summed E-state index contributed by atoms with van der Waals surface area (Å²) in [7, 11) is 0. The maximum atomic E-state index is 12.9. The van der Waals surface area contributed by atoms with Crippen LogP contribution in [0.5, 0.6) is 0 Å². The third kappa shape index (κ3) is 4.40. The maximum absolute atomic E-state index is 12.9. The molecule has 0 aromatic carbocycles. The minimum atomic E-state index is -0.350. The Bertz CT molecular complexity index is 1120. The van der Waals surface area contributed by atoms with Crippen LogP contribution in [0.3, 0.4) is 0 Å². The van der Waals surface area contributed by atoms with E-state index in [2.05, 4.69) is 0 Å². The Balaban J connectivity index is 2.10. The van der Waals surface area contributed by atoms with Gasteiger partial charge in [0.05, 0.1) is 10.8 Å². The van der Waals surface area contributed by atoms with Crippen molar-refractivity contribution in [3.63, 3.8) is 0 Å². The van der Waals surface area contributed by atoms with Crippen molar-refractivity contribution in [2.24, 2.45) is 0 Å². The lowest BCUT2D eigenvalue weighted by Gasteiger charge is -2.18. The first-order valence-electron chi connectivity index (χ1n) is 8.84. The fourth-order valence-corrected chi connectivity index (χ4v) is 4.37. The van der Waals surface area contributed by atoms with Crippen LogP contribution in [-0.4, -0.2) is 34.2 Å². The number of hydrogen-bond acceptors (Lipinski definition) is 6. The molecule has 0 aliphatic rings. The highest BCUT2D eigenvalue weighted by Crippen LogP contribution is 2.06. The maximum Gasteiger partial charge on any atom is 0.269 e. The van der Waals surface area contributed by atoms with E-state index in [1.807, 2.05) is 30.7 Å². The van der Waals surface area contributed by atoms with Gasteiger partial charge in [-0.05, 0) is 54.4 Å². The van der Waals surface area contributed by atoms with Crippen LogP contribution >= 0.6 is 22.7 Å². The molecule has 3 rings (SSSR count). The van der Waals surface area contributed by atoms with Crippen molar-refractivity contribution in [3.05, 3.63) is 66.1 Å². The lowest BCUT2D eigenvalue weighted by molar-refractivity contribution is -0.131. The molecular weight excluding hydrogens is 396 g/mol. The van der Waals surface area contributed by atoms with Crippen LogP contribution in [0.25, 0.3) is 12.2 Å². The summed E-state index contributed by atoms with van der Waals surface area (Å²) in [5.74, 6) is -0.324. The zero-order valence-corrected chi connectivity index (χ0v) is 17.2. The minimum Gasteiger partial charge on any atom is -0.461 e. The van der Waals surface area contributed by atoms with E-state index in [4.69, 9.17) is 4.42 Å². The van der Waals surface area contributed by atoms with Crippen molar-refractivity contribution in [1.29, 1.82) is 0 Å². The van der Waals surface area contributed by atoms with Gasteiger partial charge in [0.15, 0.2) is 5.76 Å². The highest BCUT2D eigenvalue weighted by molar-refractivity contribution is 7.08. The van der Waals surface area contributed by atoms with E-state index in [0.29, 0.717) is 22.3 Å². The van der Waals surface area contributed by atoms with Crippen LogP contribution in [0.4, 0.5) is 0 Å². The molecule has 3 aromatic heterocycles. The number of amides is 1. The molecular formula is C20H20N2O4S2. The van der Waals surface area contributed by atoms with E-state index in [9.17, 15) is 14.4 Å². The van der Waals surface area contributed by atoms with Crippen molar-refractivity contribution >= 4 is 46.5 Å². The molecule has 0 saturated carbocycles. The molecule has 0 bridgehead atoms. The van der Waals surface area contributed by atoms with Gasteiger partial charge >= 0.3 is 0 Å². The molecule has 0 unspecified atom stereocenters. The Hall–Kier alpha value is -2.71. The summed E-state index contributed by atoms with van der Waals surface area (Å²) >= 11 is 2.72. The van der Waals surface area contributed by atoms with Gasteiger partial charge in [0, 0.05) is 19.2 Å². The summed E-state index contributed by atoms with van der Waals surface area (Å²) in [6.07, 6.45) is 4.55. The van der Waals surface area contributed by atoms with E-state index in [1.165, 1.54) is 39.6 Å². The van der Waals surface area contributed by atoms with Gasteiger partial charge in [-0.1, -0.05) is 0 Å². The Labute approximate surface area is 169 Å². The van der Waals surface area contributed by atoms with Crippen molar-refractivity contribution < 1.29 is 14.0 Å². The van der Waals surface area contributed by atoms with Gasteiger partial charge in [-0.3, -0.25) is 19.0 Å². The molecule has 0 aliphatic heterocycles. The summed E-state index contributed by atoms with van der Waals surface area (Å²) in [6, 6.07) is 5.10. The molecule has 0 aliphatic carbocycles. The number of thiophene rings is 1. The molecule has 0 N–H and O–H groups in total. The molecule has 6 nitrogen and oxygen atoms in total. The van der Waals surface area contributed by atoms with Crippen molar-refractivity contribution in [3.8, 4) is 0 Å². The van der Waals surface area contributed by atoms with Crippen LogP contribution < -0.4 is 14.8 Å². The first-order chi connectivity index (χ1) is 13.5. The normalized spacial score (nSPS) is 12.5. The molecule has 146 valence electrons. The van der Waals surface area contributed by atoms with Gasteiger partial charge in [0.25, 0.3) is 5.56 Å². The second kappa shape index (κ2) is 8.99. The van der Waals surface area contributed by atoms with Crippen LogP contribution in [0.15, 0.2) is 44.4 Å². The quantitative estimate of drug-likeness (QED) is 0.552. The number of furan rings is 1. The number of carbonyl (C=O) groups excluding carboxylic acids is 2. The lowest BCUT2D eigenvalue weighted by Crippen LogP contribution is -2.40. The SMILES string of the molecule is CCN(CC)C(=O)Cn1c(=O)/c(=C\c2ccsc2)s/c1=C\C(=O)c1ccco1. The summed E-state index contributed by atoms with van der Waals surface area (Å²) in [4.78, 5) is 39.6. The molecule has 8 heteroatoms. The van der Waals surface area contributed by atoms with Crippen LogP contribution in [-0.2, 0) is 11.3 Å². The monoisotopic (exact) mass is 416 g/mol. The van der Waals surface area contributed by atoms with Gasteiger partial charge in [-0.25, -0.2) is 0 Å². The van der Waals surface area contributed by atoms with E-state index in [0.717, 1.165) is 5.56 Å². The molecule has 0 saturated heterocycles. The number of rotatable bonds is 7. The van der Waals surface area contributed by atoms with Crippen molar-refractivity contribution in [2.45, 2.75) is 20.4 Å². The smallest absolute Gasteiger partial charge is 0.269 e. The molecule has 0 radical (unpaired) electrons. The second-order valence-electron chi connectivity index (χ2n) is 5.95. The fraction of sp³-hybridized carbons (Fsp3) is 0.250. The van der Waals surface area contributed by atoms with E-state index < -0.39 is 0 Å². The Morgan fingerprint density at radius 2 is 2.04 bits per heavy atom. The summed E-state index contributed by atoms with van der Waals surface area (Å²) < 4.78 is 7.40. The number of aromatic nitrogens is 1. The summed E-state index contributed by atoms with van der Waals surface area (Å²) in [5, 5.41) is 3.86. The van der Waals surface area contributed by atoms with Gasteiger partial charge < -0.3 is 9.32 Å². The number of Topliss-reactive ketones (excluding diaryl/α,β-unsaturated/α-hetero) is 1. The molecule has 0 fully saturated rings. The molecule has 1 amide bonds. The number of thiazole rings is 1. The molecule has 3 aromatic rings. The number of ketones is 1. The predicted molar refractivity (Wildman–Crippen MR) is 111 cm³/mol. The highest BCUT2D eigenvalue weighted by atomic mass is 32.1. The minimum absolute atomic E-state index is 0.105. The van der Waals surface area contributed by atoms with Crippen LogP contribution in [0.1, 0.15) is 30.0 Å². The molecule has 28 heavy (non-hydrogen) atoms. The van der Waals surface area contributed by atoms with Gasteiger partial charge in [0.1, 0.15) is 11.2 Å². The number of nitrogens with zero attached hydrogens (tertiary/aromatic N) is 2. The Morgan fingerprint density at radius 1 is 1.25 bits per heavy atom. The standard InChI is InChI=1S/C20H20N2O4S2/c1-3-21(4-2)18(24)12-22-19(11-15(23)16-6-5-8-26-16)28-17(20(22)25)10-14-7-9-27-13-14/h5-11,13H,3-4,12H2,1-2H3/b17-10+,19-11-. The third-order valence-electron chi connectivity index (χ3n) is 4.21. The number of likely N-dealkylation sites (N-methyl/N-ethyl adjacent to an activating group) is 1. The van der Waals surface area contributed by atoms with Gasteiger partial charge in [-0.2, -0.15) is 11.3 Å². The first kappa shape index (κ1) is 20.0. The average molecular weight is 417 g/mol. The largest absolute Gasteiger partial charge is 0.461 e. The third-order valence-corrected chi connectivity index (χ3v) is 5.97. The van der Waals surface area contributed by atoms with Crippen molar-refractivity contribution in [2.75, 3.05) is 13.1 Å². The highest BCUT2D eigenvalue weighted by Gasteiger charge is 2.15. The van der Waals surface area contributed by atoms with Gasteiger partial charge in [-0.15, -0.1) is 11.3 Å². The second-order valence-corrected chi connectivity index (χ2v) is 7.79. The summed E-state index contributed by atoms with van der Waals surface area (Å²) in [6.45, 7) is 4.80. The predicted octanol–water partition coefficient (Wildman–Crippen LogP) is 1.92. The van der Waals surface area contributed by atoms with Crippen LogP contribution in [0.2, 0.25) is 0 Å². The zero-order valence-electron chi connectivity index (χ0n) is 15.6. The fourth-order valence-electron chi connectivity index (χ4n) is 2.71. The van der Waals surface area contributed by atoms with E-state index in [1.54, 1.807) is 23.1 Å². The zero-order chi connectivity index (χ0) is 20.1. The van der Waals surface area contributed by atoms with Crippen molar-refractivity contribution in [1.82, 2.24) is 9.47 Å². The Kier molecular flexibility index (Phi) is 6.43. The molecule has 0 spiro atoms. The van der Waals surface area contributed by atoms with Gasteiger partial charge in [0.2, 0.25) is 11.7 Å². The van der Waals surface area contributed by atoms with E-state index >= 15 is 0 Å². The number of hydrogen-bond donors (Lipinski definition) is 0. The van der Waals surface area contributed by atoms with E-state index in [-0.39, 0.29) is 29.6 Å². The Morgan fingerprint density at radius 3 is 2.64 bits per heavy atom. The topological polar surface area (TPSA) is 72.5 Å².